The van der Waals surface area contributed by atoms with Crippen LogP contribution in [0.3, 0.4) is 0 Å². The van der Waals surface area contributed by atoms with E-state index in [2.05, 4.69) is 5.32 Å². The Labute approximate surface area is 122 Å². The van der Waals surface area contributed by atoms with Gasteiger partial charge in [-0.1, -0.05) is 0 Å². The van der Waals surface area contributed by atoms with Crippen molar-refractivity contribution in [1.82, 2.24) is 5.32 Å². The van der Waals surface area contributed by atoms with Gasteiger partial charge >= 0.3 is 5.69 Å². The van der Waals surface area contributed by atoms with Gasteiger partial charge in [0.1, 0.15) is 0 Å². The first-order valence-corrected chi connectivity index (χ1v) is 7.11. The van der Waals surface area contributed by atoms with Crippen LogP contribution in [0.15, 0.2) is 12.1 Å². The summed E-state index contributed by atoms with van der Waals surface area (Å²) in [6, 6.07) is 3.25. The molecule has 7 heteroatoms. The molecule has 2 aliphatic heterocycles. The van der Waals surface area contributed by atoms with E-state index in [0.717, 1.165) is 25.5 Å². The average molecular weight is 295 g/mol. The van der Waals surface area contributed by atoms with E-state index in [4.69, 9.17) is 4.74 Å². The van der Waals surface area contributed by atoms with Gasteiger partial charge in [-0.2, -0.15) is 0 Å². The number of hydrogen-bond acceptors (Lipinski definition) is 5. The van der Waals surface area contributed by atoms with E-state index < -0.39 is 10.7 Å². The third-order valence-corrected chi connectivity index (χ3v) is 4.31. The number of rotatable bonds is 3. The van der Waals surface area contributed by atoms with Gasteiger partial charge in [-0.15, -0.1) is 0 Å². The molecule has 1 N–H and O–H groups in total. The Bertz CT molecular complexity index is 567. The largest absolute Gasteiger partial charge is 0.490 e. The molecule has 0 aromatic heterocycles. The fourth-order valence-corrected chi connectivity index (χ4v) is 3.24. The molecule has 0 amide bonds. The lowest BCUT2D eigenvalue weighted by Crippen LogP contribution is -2.35. The van der Waals surface area contributed by atoms with Crippen molar-refractivity contribution in [2.75, 3.05) is 25.1 Å². The summed E-state index contributed by atoms with van der Waals surface area (Å²) in [5.74, 6) is -0.473. The van der Waals surface area contributed by atoms with Crippen molar-refractivity contribution in [2.45, 2.75) is 31.3 Å². The third-order valence-electron chi connectivity index (χ3n) is 4.31. The quantitative estimate of drug-likeness (QED) is 0.683. The highest BCUT2D eigenvalue weighted by atomic mass is 19.1. The second-order valence-electron chi connectivity index (χ2n) is 5.61. The molecule has 0 radical (unpaired) electrons. The minimum absolute atomic E-state index is 0.0961. The third kappa shape index (κ3) is 2.65. The normalized spacial score (nSPS) is 24.8. The smallest absolute Gasteiger partial charge is 0.313 e. The van der Waals surface area contributed by atoms with E-state index in [1.54, 1.807) is 0 Å². The van der Waals surface area contributed by atoms with E-state index in [9.17, 15) is 14.5 Å². The molecular formula is C14H18FN3O3. The summed E-state index contributed by atoms with van der Waals surface area (Å²) < 4.78 is 19.3. The van der Waals surface area contributed by atoms with Crippen LogP contribution in [0, 0.1) is 15.9 Å². The fraction of sp³-hybridized carbons (Fsp3) is 0.571. The molecule has 0 aliphatic carbocycles. The SMILES string of the molecule is COc1cc(N2CCC3CCC(C2)N3)c(F)cc1[N+](=O)[O-]. The van der Waals surface area contributed by atoms with Gasteiger partial charge in [-0.05, 0) is 19.3 Å². The average Bonchev–Trinajstić information content (AvgIpc) is 2.78. The van der Waals surface area contributed by atoms with E-state index in [-0.39, 0.29) is 11.4 Å². The summed E-state index contributed by atoms with van der Waals surface area (Å²) in [5.41, 5.74) is 0.0417. The molecule has 1 aromatic rings. The van der Waals surface area contributed by atoms with Gasteiger partial charge in [0.15, 0.2) is 11.6 Å². The highest BCUT2D eigenvalue weighted by Gasteiger charge is 2.31. The van der Waals surface area contributed by atoms with E-state index in [0.29, 0.717) is 24.3 Å². The number of fused-ring (bicyclic) bond motifs is 2. The van der Waals surface area contributed by atoms with Crippen molar-refractivity contribution in [3.05, 3.63) is 28.1 Å². The van der Waals surface area contributed by atoms with Crippen LogP contribution in [-0.2, 0) is 0 Å². The van der Waals surface area contributed by atoms with Crippen molar-refractivity contribution in [1.29, 1.82) is 0 Å². The zero-order valence-electron chi connectivity index (χ0n) is 11.8. The maximum absolute atomic E-state index is 14.3. The van der Waals surface area contributed by atoms with Gasteiger partial charge in [0.25, 0.3) is 0 Å². The van der Waals surface area contributed by atoms with E-state index >= 15 is 0 Å². The highest BCUT2D eigenvalue weighted by molar-refractivity contribution is 5.60. The van der Waals surface area contributed by atoms with Gasteiger partial charge in [0, 0.05) is 31.2 Å². The number of ether oxygens (including phenoxy) is 1. The first-order valence-electron chi connectivity index (χ1n) is 7.11. The molecule has 2 atom stereocenters. The van der Waals surface area contributed by atoms with Crippen molar-refractivity contribution in [2.24, 2.45) is 0 Å². The van der Waals surface area contributed by atoms with Crippen LogP contribution in [0.2, 0.25) is 0 Å². The summed E-state index contributed by atoms with van der Waals surface area (Å²) in [4.78, 5) is 12.2. The predicted octanol–water partition coefficient (Wildman–Crippen LogP) is 2.07. The summed E-state index contributed by atoms with van der Waals surface area (Å²) in [7, 11) is 1.36. The number of benzene rings is 1. The van der Waals surface area contributed by atoms with Gasteiger partial charge in [0.05, 0.1) is 23.8 Å². The van der Waals surface area contributed by atoms with Crippen LogP contribution in [0.25, 0.3) is 0 Å². The van der Waals surface area contributed by atoms with Crippen molar-refractivity contribution < 1.29 is 14.1 Å². The highest BCUT2D eigenvalue weighted by Crippen LogP contribution is 2.35. The molecule has 1 aromatic carbocycles. The summed E-state index contributed by atoms with van der Waals surface area (Å²) in [6.45, 7) is 1.46. The van der Waals surface area contributed by atoms with Crippen LogP contribution in [0.5, 0.6) is 5.75 Å². The Kier molecular flexibility index (Phi) is 3.67. The number of nitrogens with one attached hydrogen (secondary N) is 1. The first kappa shape index (κ1) is 14.1. The molecule has 0 saturated carbocycles. The molecule has 2 bridgehead atoms. The molecule has 2 unspecified atom stereocenters. The Morgan fingerprint density at radius 3 is 2.86 bits per heavy atom. The maximum atomic E-state index is 14.3. The molecule has 2 fully saturated rings. The number of nitro benzene ring substituents is 1. The lowest BCUT2D eigenvalue weighted by Gasteiger charge is -2.27. The summed E-state index contributed by atoms with van der Waals surface area (Å²) in [6.07, 6.45) is 3.21. The molecule has 6 nitrogen and oxygen atoms in total. The van der Waals surface area contributed by atoms with E-state index in [1.165, 1.54) is 19.6 Å². The predicted molar refractivity (Wildman–Crippen MR) is 76.4 cm³/mol. The van der Waals surface area contributed by atoms with Crippen LogP contribution in [0.4, 0.5) is 15.8 Å². The van der Waals surface area contributed by atoms with Crippen molar-refractivity contribution in [3.63, 3.8) is 0 Å². The number of methoxy groups -OCH3 is 1. The standard InChI is InChI=1S/C14H18FN3O3/c1-21-14-7-12(11(15)6-13(14)18(19)20)17-5-4-9-2-3-10(8-17)16-9/h6-7,9-10,16H,2-5,8H2,1H3. The lowest BCUT2D eigenvalue weighted by molar-refractivity contribution is -0.385. The summed E-state index contributed by atoms with van der Waals surface area (Å²) >= 11 is 0. The fourth-order valence-electron chi connectivity index (χ4n) is 3.24. The van der Waals surface area contributed by atoms with Gasteiger partial charge in [-0.3, -0.25) is 10.1 Å². The molecule has 114 valence electrons. The van der Waals surface area contributed by atoms with E-state index in [1.807, 2.05) is 4.90 Å². The number of nitrogens with zero attached hydrogens (tertiary/aromatic N) is 2. The Balaban J connectivity index is 1.92. The molecule has 2 saturated heterocycles. The molecule has 0 spiro atoms. The topological polar surface area (TPSA) is 67.6 Å². The van der Waals surface area contributed by atoms with Crippen molar-refractivity contribution in [3.8, 4) is 5.75 Å². The van der Waals surface area contributed by atoms with Crippen LogP contribution in [-0.4, -0.2) is 37.2 Å². The number of anilines is 1. The Morgan fingerprint density at radius 2 is 2.14 bits per heavy atom. The molecule has 21 heavy (non-hydrogen) atoms. The number of hydrogen-bond donors (Lipinski definition) is 1. The van der Waals surface area contributed by atoms with Gasteiger partial charge in [-0.25, -0.2) is 4.39 Å². The Morgan fingerprint density at radius 1 is 1.38 bits per heavy atom. The van der Waals surface area contributed by atoms with Crippen LogP contribution < -0.4 is 15.0 Å². The monoisotopic (exact) mass is 295 g/mol. The van der Waals surface area contributed by atoms with Crippen molar-refractivity contribution >= 4 is 11.4 Å². The minimum atomic E-state index is -0.627. The zero-order valence-corrected chi connectivity index (χ0v) is 11.8. The minimum Gasteiger partial charge on any atom is -0.490 e. The number of halogens is 1. The van der Waals surface area contributed by atoms with Crippen LogP contribution in [0.1, 0.15) is 19.3 Å². The molecule has 2 heterocycles. The lowest BCUT2D eigenvalue weighted by atomic mass is 10.1. The second kappa shape index (κ2) is 5.48. The van der Waals surface area contributed by atoms with Gasteiger partial charge in [0.2, 0.25) is 0 Å². The maximum Gasteiger partial charge on any atom is 0.313 e. The first-order chi connectivity index (χ1) is 10.1. The zero-order chi connectivity index (χ0) is 15.0. The molecule has 3 rings (SSSR count). The Hall–Kier alpha value is -1.89. The molecule has 2 aliphatic rings. The van der Waals surface area contributed by atoms with Crippen LogP contribution >= 0.6 is 0 Å². The summed E-state index contributed by atoms with van der Waals surface area (Å²) in [5, 5.41) is 14.4. The molecular weight excluding hydrogens is 277 g/mol. The number of nitro groups is 1. The second-order valence-corrected chi connectivity index (χ2v) is 5.61. The van der Waals surface area contributed by atoms with Gasteiger partial charge < -0.3 is 15.0 Å².